The third kappa shape index (κ3) is 4.91. The average molecular weight is 495 g/mol. The first-order valence-corrected chi connectivity index (χ1v) is 10.9. The predicted octanol–water partition coefficient (Wildman–Crippen LogP) is 5.44. The zero-order valence-electron chi connectivity index (χ0n) is 18.1. The molecule has 2 heterocycles. The van der Waals surface area contributed by atoms with Crippen LogP contribution in [0.1, 0.15) is 38.5 Å². The van der Waals surface area contributed by atoms with Crippen molar-refractivity contribution in [1.29, 1.82) is 0 Å². The molecule has 1 amide bonds. The lowest BCUT2D eigenvalue weighted by atomic mass is 10.1. The number of aromatic nitrogens is 3. The molecule has 0 radical (unpaired) electrons. The van der Waals surface area contributed by atoms with Crippen LogP contribution in [0, 0.1) is 20.8 Å². The molecule has 0 saturated carbocycles. The van der Waals surface area contributed by atoms with Gasteiger partial charge in [0.15, 0.2) is 5.69 Å². The normalized spacial score (nSPS) is 10.9. The van der Waals surface area contributed by atoms with Gasteiger partial charge in [0.25, 0.3) is 5.91 Å². The van der Waals surface area contributed by atoms with Gasteiger partial charge in [0.05, 0.1) is 22.8 Å². The van der Waals surface area contributed by atoms with Gasteiger partial charge < -0.3 is 14.6 Å². The Kier molecular flexibility index (Phi) is 6.41. The maximum absolute atomic E-state index is 12.9. The molecule has 0 aliphatic rings. The maximum atomic E-state index is 12.9. The quantitative estimate of drug-likeness (QED) is 0.369. The molecule has 2 aromatic carbocycles. The lowest BCUT2D eigenvalue weighted by Crippen LogP contribution is -2.15. The number of hydrogen-bond acceptors (Lipinski definition) is 5. The molecule has 4 rings (SSSR count). The average Bonchev–Trinajstić information content (AvgIpc) is 3.34. The number of ether oxygens (including phenoxy) is 1. The van der Waals surface area contributed by atoms with Crippen molar-refractivity contribution in [3.05, 3.63) is 93.0 Å². The van der Waals surface area contributed by atoms with Gasteiger partial charge in [0.1, 0.15) is 18.1 Å². The minimum absolute atomic E-state index is 0.191. The zero-order chi connectivity index (χ0) is 22.7. The van der Waals surface area contributed by atoms with E-state index in [2.05, 4.69) is 31.5 Å². The molecular weight excluding hydrogens is 472 g/mol. The topological polar surface area (TPSA) is 82.2 Å². The second-order valence-electron chi connectivity index (χ2n) is 7.56. The van der Waals surface area contributed by atoms with Crippen LogP contribution in [0.15, 0.2) is 63.9 Å². The van der Waals surface area contributed by atoms with Crippen molar-refractivity contribution in [1.82, 2.24) is 14.9 Å². The van der Waals surface area contributed by atoms with Crippen molar-refractivity contribution >= 4 is 27.5 Å². The summed E-state index contributed by atoms with van der Waals surface area (Å²) in [6.45, 7) is 6.59. The van der Waals surface area contributed by atoms with Crippen molar-refractivity contribution < 1.29 is 14.1 Å². The molecule has 0 bridgehead atoms. The molecule has 1 N–H and O–H groups in total. The summed E-state index contributed by atoms with van der Waals surface area (Å²) >= 11 is 3.40. The molecular formula is C24H23BrN4O3. The highest BCUT2D eigenvalue weighted by Gasteiger charge is 2.21. The Morgan fingerprint density at radius 3 is 2.78 bits per heavy atom. The van der Waals surface area contributed by atoms with Crippen LogP contribution in [0.25, 0.3) is 0 Å². The third-order valence-corrected chi connectivity index (χ3v) is 5.67. The van der Waals surface area contributed by atoms with Crippen LogP contribution in [-0.2, 0) is 13.2 Å². The number of carbonyl (C=O) groups is 1. The smallest absolute Gasteiger partial charge is 0.278 e. The number of carbonyl (C=O) groups excluding carboxylic acids is 1. The van der Waals surface area contributed by atoms with E-state index < -0.39 is 0 Å². The summed E-state index contributed by atoms with van der Waals surface area (Å²) in [4.78, 5) is 12.9. The van der Waals surface area contributed by atoms with Gasteiger partial charge in [-0.2, -0.15) is 5.10 Å². The second-order valence-corrected chi connectivity index (χ2v) is 8.48. The minimum atomic E-state index is -0.347. The van der Waals surface area contributed by atoms with E-state index in [1.807, 2.05) is 67.2 Å². The molecule has 8 heteroatoms. The van der Waals surface area contributed by atoms with E-state index in [4.69, 9.17) is 9.26 Å². The summed E-state index contributed by atoms with van der Waals surface area (Å²) in [7, 11) is 0. The van der Waals surface area contributed by atoms with E-state index in [1.54, 1.807) is 13.1 Å². The van der Waals surface area contributed by atoms with Crippen molar-refractivity contribution in [3.8, 4) is 5.75 Å². The van der Waals surface area contributed by atoms with Crippen LogP contribution in [0.4, 0.5) is 5.69 Å². The number of hydrogen-bond donors (Lipinski definition) is 1. The molecule has 2 aromatic heterocycles. The van der Waals surface area contributed by atoms with Crippen LogP contribution < -0.4 is 10.1 Å². The zero-order valence-corrected chi connectivity index (χ0v) is 19.6. The Balaban J connectivity index is 1.47. The van der Waals surface area contributed by atoms with Crippen LogP contribution in [-0.4, -0.2) is 20.8 Å². The summed E-state index contributed by atoms with van der Waals surface area (Å²) in [5.74, 6) is 0.980. The van der Waals surface area contributed by atoms with Gasteiger partial charge in [0, 0.05) is 11.9 Å². The minimum Gasteiger partial charge on any atom is -0.488 e. The van der Waals surface area contributed by atoms with Gasteiger partial charge in [-0.05, 0) is 71.6 Å². The molecule has 0 fully saturated rings. The summed E-state index contributed by atoms with van der Waals surface area (Å²) < 4.78 is 14.0. The van der Waals surface area contributed by atoms with E-state index >= 15 is 0 Å². The molecule has 0 saturated heterocycles. The molecule has 32 heavy (non-hydrogen) atoms. The Morgan fingerprint density at radius 1 is 1.19 bits per heavy atom. The molecule has 7 nitrogen and oxygen atoms in total. The summed E-state index contributed by atoms with van der Waals surface area (Å²) in [6.07, 6.45) is 3.63. The first-order chi connectivity index (χ1) is 15.4. The lowest BCUT2D eigenvalue weighted by Gasteiger charge is -2.11. The number of nitrogens with one attached hydrogen (secondary N) is 1. The number of anilines is 1. The first-order valence-electron chi connectivity index (χ1n) is 10.1. The maximum Gasteiger partial charge on any atom is 0.278 e. The largest absolute Gasteiger partial charge is 0.488 e. The fourth-order valence-electron chi connectivity index (χ4n) is 3.32. The number of amides is 1. The van der Waals surface area contributed by atoms with Crippen LogP contribution in [0.5, 0.6) is 5.75 Å². The van der Waals surface area contributed by atoms with Crippen LogP contribution >= 0.6 is 15.9 Å². The fourth-order valence-corrected chi connectivity index (χ4v) is 3.65. The summed E-state index contributed by atoms with van der Waals surface area (Å²) in [5, 5.41) is 11.1. The number of nitrogens with zero attached hydrogens (tertiary/aromatic N) is 3. The van der Waals surface area contributed by atoms with Gasteiger partial charge in [0.2, 0.25) is 0 Å². The highest BCUT2D eigenvalue weighted by Crippen LogP contribution is 2.24. The Hall–Kier alpha value is -3.39. The summed E-state index contributed by atoms with van der Waals surface area (Å²) in [5.41, 5.74) is 4.72. The molecule has 0 spiro atoms. The van der Waals surface area contributed by atoms with E-state index in [-0.39, 0.29) is 18.2 Å². The number of rotatable bonds is 7. The highest BCUT2D eigenvalue weighted by molar-refractivity contribution is 9.10. The van der Waals surface area contributed by atoms with Gasteiger partial charge >= 0.3 is 0 Å². The van der Waals surface area contributed by atoms with E-state index in [0.717, 1.165) is 26.9 Å². The standard InChI is InChI=1S/C24H23BrN4O3/c1-15-6-4-9-22(16(15)2)31-14-21-17(3)32-28-23(21)24(30)27-20-8-5-7-18(10-20)12-29-13-19(25)11-26-29/h4-11,13H,12,14H2,1-3H3,(H,27,30). The van der Waals surface area contributed by atoms with Crippen molar-refractivity contribution in [2.45, 2.75) is 33.9 Å². The van der Waals surface area contributed by atoms with Crippen LogP contribution in [0.3, 0.4) is 0 Å². The number of aryl methyl sites for hydroxylation is 2. The van der Waals surface area contributed by atoms with Gasteiger partial charge in [-0.25, -0.2) is 0 Å². The second kappa shape index (κ2) is 9.40. The summed E-state index contributed by atoms with van der Waals surface area (Å²) in [6, 6.07) is 13.5. The van der Waals surface area contributed by atoms with Crippen molar-refractivity contribution in [2.24, 2.45) is 0 Å². The molecule has 0 unspecified atom stereocenters. The Bertz CT molecular complexity index is 1260. The van der Waals surface area contributed by atoms with Gasteiger partial charge in [-0.15, -0.1) is 0 Å². The van der Waals surface area contributed by atoms with E-state index in [9.17, 15) is 4.79 Å². The fraction of sp³-hybridized carbons (Fsp3) is 0.208. The predicted molar refractivity (Wildman–Crippen MR) is 125 cm³/mol. The number of halogens is 1. The molecule has 164 valence electrons. The first kappa shape index (κ1) is 21.8. The van der Waals surface area contributed by atoms with Gasteiger partial charge in [-0.1, -0.05) is 29.4 Å². The Labute approximate surface area is 194 Å². The van der Waals surface area contributed by atoms with Crippen LogP contribution in [0.2, 0.25) is 0 Å². The SMILES string of the molecule is Cc1cccc(OCc2c(C(=O)Nc3cccc(Cn4cc(Br)cn4)c3)noc2C)c1C. The van der Waals surface area contributed by atoms with E-state index in [1.165, 1.54) is 0 Å². The Morgan fingerprint density at radius 2 is 2.00 bits per heavy atom. The molecule has 0 atom stereocenters. The van der Waals surface area contributed by atoms with E-state index in [0.29, 0.717) is 23.6 Å². The van der Waals surface area contributed by atoms with Crippen molar-refractivity contribution in [2.75, 3.05) is 5.32 Å². The molecule has 0 aliphatic heterocycles. The lowest BCUT2D eigenvalue weighted by molar-refractivity contribution is 0.101. The number of benzene rings is 2. The third-order valence-electron chi connectivity index (χ3n) is 5.26. The monoisotopic (exact) mass is 494 g/mol. The van der Waals surface area contributed by atoms with Crippen molar-refractivity contribution in [3.63, 3.8) is 0 Å². The molecule has 4 aromatic rings. The molecule has 0 aliphatic carbocycles. The van der Waals surface area contributed by atoms with Gasteiger partial charge in [-0.3, -0.25) is 9.48 Å². The highest BCUT2D eigenvalue weighted by atomic mass is 79.9.